The van der Waals surface area contributed by atoms with Gasteiger partial charge in [-0.2, -0.15) is 0 Å². The Bertz CT molecular complexity index is 120. The van der Waals surface area contributed by atoms with Gasteiger partial charge in [-0.25, -0.2) is 0 Å². The Kier molecular flexibility index (Phi) is 8.26. The molecule has 0 aliphatic rings. The standard InChI is InChI=1S/C13H29N/c1-6-8-9-10-13(14-7-2)12(5)11(3)4/h11-14H,6-10H2,1-5H3. The number of hydrogen-bond donors (Lipinski definition) is 1. The van der Waals surface area contributed by atoms with Crippen molar-refractivity contribution in [2.24, 2.45) is 11.8 Å². The molecule has 1 heteroatoms. The molecular formula is C13H29N. The molecule has 0 aliphatic carbocycles. The van der Waals surface area contributed by atoms with Crippen LogP contribution in [-0.4, -0.2) is 12.6 Å². The van der Waals surface area contributed by atoms with Crippen LogP contribution in [0.3, 0.4) is 0 Å². The highest BCUT2D eigenvalue weighted by molar-refractivity contribution is 4.75. The molecule has 0 aromatic rings. The fraction of sp³-hybridized carbons (Fsp3) is 1.00. The van der Waals surface area contributed by atoms with Crippen molar-refractivity contribution in [1.82, 2.24) is 5.32 Å². The molecule has 0 heterocycles. The van der Waals surface area contributed by atoms with E-state index >= 15 is 0 Å². The number of rotatable bonds is 8. The van der Waals surface area contributed by atoms with Gasteiger partial charge in [-0.15, -0.1) is 0 Å². The first-order chi connectivity index (χ1) is 6.63. The van der Waals surface area contributed by atoms with Gasteiger partial charge >= 0.3 is 0 Å². The average Bonchev–Trinajstić information content (AvgIpc) is 2.15. The molecule has 0 fully saturated rings. The van der Waals surface area contributed by atoms with Crippen molar-refractivity contribution in [1.29, 1.82) is 0 Å². The molecule has 86 valence electrons. The van der Waals surface area contributed by atoms with Crippen molar-refractivity contribution in [3.05, 3.63) is 0 Å². The van der Waals surface area contributed by atoms with E-state index in [9.17, 15) is 0 Å². The molecule has 0 rings (SSSR count). The Morgan fingerprint density at radius 3 is 2.07 bits per heavy atom. The summed E-state index contributed by atoms with van der Waals surface area (Å²) in [6.45, 7) is 12.6. The first-order valence-corrected chi connectivity index (χ1v) is 6.36. The highest BCUT2D eigenvalue weighted by Gasteiger charge is 2.18. The maximum Gasteiger partial charge on any atom is 0.00950 e. The molecule has 0 saturated heterocycles. The second-order valence-electron chi connectivity index (χ2n) is 4.76. The number of unbranched alkanes of at least 4 members (excludes halogenated alkanes) is 2. The van der Waals surface area contributed by atoms with E-state index in [0.717, 1.165) is 24.4 Å². The van der Waals surface area contributed by atoms with Gasteiger partial charge < -0.3 is 5.32 Å². The summed E-state index contributed by atoms with van der Waals surface area (Å²) in [5, 5.41) is 3.62. The van der Waals surface area contributed by atoms with Gasteiger partial charge in [-0.05, 0) is 24.8 Å². The lowest BCUT2D eigenvalue weighted by molar-refractivity contribution is 0.283. The van der Waals surface area contributed by atoms with E-state index in [0.29, 0.717) is 0 Å². The Labute approximate surface area is 90.7 Å². The molecule has 0 spiro atoms. The van der Waals surface area contributed by atoms with Crippen LogP contribution in [0, 0.1) is 11.8 Å². The van der Waals surface area contributed by atoms with Crippen molar-refractivity contribution < 1.29 is 0 Å². The molecule has 2 atom stereocenters. The van der Waals surface area contributed by atoms with Gasteiger partial charge in [0.2, 0.25) is 0 Å². The second kappa shape index (κ2) is 8.28. The van der Waals surface area contributed by atoms with Crippen molar-refractivity contribution in [2.75, 3.05) is 6.54 Å². The largest absolute Gasteiger partial charge is 0.314 e. The fourth-order valence-electron chi connectivity index (χ4n) is 1.89. The Morgan fingerprint density at radius 2 is 1.64 bits per heavy atom. The minimum atomic E-state index is 0.728. The summed E-state index contributed by atoms with van der Waals surface area (Å²) in [5.74, 6) is 1.59. The Hall–Kier alpha value is -0.0400. The summed E-state index contributed by atoms with van der Waals surface area (Å²) < 4.78 is 0. The van der Waals surface area contributed by atoms with Crippen molar-refractivity contribution >= 4 is 0 Å². The van der Waals surface area contributed by atoms with Gasteiger partial charge in [0.05, 0.1) is 0 Å². The van der Waals surface area contributed by atoms with Crippen LogP contribution in [0.25, 0.3) is 0 Å². The Balaban J connectivity index is 3.87. The topological polar surface area (TPSA) is 12.0 Å². The molecule has 0 aromatic heterocycles. The molecular weight excluding hydrogens is 170 g/mol. The zero-order valence-electron chi connectivity index (χ0n) is 10.8. The quantitative estimate of drug-likeness (QED) is 0.586. The van der Waals surface area contributed by atoms with Gasteiger partial charge in [0.15, 0.2) is 0 Å². The zero-order valence-corrected chi connectivity index (χ0v) is 10.8. The lowest BCUT2D eigenvalue weighted by atomic mass is 9.87. The van der Waals surface area contributed by atoms with Crippen LogP contribution in [0.1, 0.15) is 60.3 Å². The van der Waals surface area contributed by atoms with Crippen LogP contribution in [-0.2, 0) is 0 Å². The van der Waals surface area contributed by atoms with E-state index in [1.54, 1.807) is 0 Å². The minimum absolute atomic E-state index is 0.728. The molecule has 0 bridgehead atoms. The molecule has 2 unspecified atom stereocenters. The summed E-state index contributed by atoms with van der Waals surface area (Å²) >= 11 is 0. The smallest absolute Gasteiger partial charge is 0.00950 e. The maximum absolute atomic E-state index is 3.62. The first kappa shape index (κ1) is 14.0. The van der Waals surface area contributed by atoms with Gasteiger partial charge in [-0.1, -0.05) is 53.9 Å². The van der Waals surface area contributed by atoms with Crippen LogP contribution in [0.2, 0.25) is 0 Å². The SMILES string of the molecule is CCCCCC(NCC)C(C)C(C)C. The number of nitrogens with one attached hydrogen (secondary N) is 1. The van der Waals surface area contributed by atoms with Crippen molar-refractivity contribution in [3.63, 3.8) is 0 Å². The summed E-state index contributed by atoms with van der Waals surface area (Å²) in [6, 6.07) is 0.728. The third-order valence-corrected chi connectivity index (χ3v) is 3.27. The predicted octanol–water partition coefficient (Wildman–Crippen LogP) is 3.84. The van der Waals surface area contributed by atoms with Crippen LogP contribution >= 0.6 is 0 Å². The predicted molar refractivity (Wildman–Crippen MR) is 65.6 cm³/mol. The number of hydrogen-bond acceptors (Lipinski definition) is 1. The van der Waals surface area contributed by atoms with Crippen molar-refractivity contribution in [2.45, 2.75) is 66.3 Å². The third-order valence-electron chi connectivity index (χ3n) is 3.27. The highest BCUT2D eigenvalue weighted by Crippen LogP contribution is 2.19. The molecule has 1 N–H and O–H groups in total. The lowest BCUT2D eigenvalue weighted by Gasteiger charge is -2.27. The summed E-state index contributed by atoms with van der Waals surface area (Å²) in [6.07, 6.45) is 5.44. The third kappa shape index (κ3) is 5.64. The molecule has 0 amide bonds. The maximum atomic E-state index is 3.62. The lowest BCUT2D eigenvalue weighted by Crippen LogP contribution is -2.37. The van der Waals surface area contributed by atoms with Gasteiger partial charge in [0.25, 0.3) is 0 Å². The van der Waals surface area contributed by atoms with Crippen molar-refractivity contribution in [3.8, 4) is 0 Å². The van der Waals surface area contributed by atoms with E-state index in [1.165, 1.54) is 25.7 Å². The normalized spacial score (nSPS) is 15.9. The van der Waals surface area contributed by atoms with E-state index in [4.69, 9.17) is 0 Å². The van der Waals surface area contributed by atoms with E-state index < -0.39 is 0 Å². The molecule has 14 heavy (non-hydrogen) atoms. The summed E-state index contributed by atoms with van der Waals surface area (Å²) in [5.41, 5.74) is 0. The van der Waals surface area contributed by atoms with Crippen LogP contribution in [0.4, 0.5) is 0 Å². The molecule has 1 nitrogen and oxygen atoms in total. The van der Waals surface area contributed by atoms with Crippen LogP contribution in [0.15, 0.2) is 0 Å². The fourth-order valence-corrected chi connectivity index (χ4v) is 1.89. The minimum Gasteiger partial charge on any atom is -0.314 e. The first-order valence-electron chi connectivity index (χ1n) is 6.36. The van der Waals surface area contributed by atoms with E-state index in [1.807, 2.05) is 0 Å². The van der Waals surface area contributed by atoms with Crippen LogP contribution in [0.5, 0.6) is 0 Å². The molecule has 0 aliphatic heterocycles. The van der Waals surface area contributed by atoms with Gasteiger partial charge in [-0.3, -0.25) is 0 Å². The summed E-state index contributed by atoms with van der Waals surface area (Å²) in [4.78, 5) is 0. The van der Waals surface area contributed by atoms with Gasteiger partial charge in [0, 0.05) is 6.04 Å². The molecule has 0 saturated carbocycles. The second-order valence-corrected chi connectivity index (χ2v) is 4.76. The average molecular weight is 199 g/mol. The molecule has 0 aromatic carbocycles. The molecule has 0 radical (unpaired) electrons. The van der Waals surface area contributed by atoms with Gasteiger partial charge in [0.1, 0.15) is 0 Å². The monoisotopic (exact) mass is 199 g/mol. The van der Waals surface area contributed by atoms with E-state index in [2.05, 4.69) is 39.9 Å². The Morgan fingerprint density at radius 1 is 1.00 bits per heavy atom. The highest BCUT2D eigenvalue weighted by atomic mass is 14.9. The zero-order chi connectivity index (χ0) is 11.0. The van der Waals surface area contributed by atoms with E-state index in [-0.39, 0.29) is 0 Å². The summed E-state index contributed by atoms with van der Waals surface area (Å²) in [7, 11) is 0. The van der Waals surface area contributed by atoms with Crippen LogP contribution < -0.4 is 5.32 Å².